The van der Waals surface area contributed by atoms with E-state index in [9.17, 15) is 0 Å². The third-order valence-corrected chi connectivity index (χ3v) is 5.01. The number of rotatable bonds is 3. The molecule has 2 aromatic rings. The molecule has 0 bridgehead atoms. The van der Waals surface area contributed by atoms with Gasteiger partial charge in [0.25, 0.3) is 0 Å². The highest BCUT2D eigenvalue weighted by molar-refractivity contribution is 6.30. The van der Waals surface area contributed by atoms with Crippen LogP contribution in [0.25, 0.3) is 0 Å². The van der Waals surface area contributed by atoms with Crippen molar-refractivity contribution in [1.82, 2.24) is 5.01 Å². The molecule has 2 heterocycles. The molecule has 0 spiro atoms. The highest BCUT2D eigenvalue weighted by atomic mass is 35.5. The Labute approximate surface area is 153 Å². The zero-order chi connectivity index (χ0) is 17.6. The molecule has 130 valence electrons. The molecule has 0 amide bonds. The highest BCUT2D eigenvalue weighted by Crippen LogP contribution is 2.45. The predicted molar refractivity (Wildman–Crippen MR) is 99.4 cm³/mol. The summed E-state index contributed by atoms with van der Waals surface area (Å²) in [6.45, 7) is 4.31. The quantitative estimate of drug-likeness (QED) is 0.786. The Morgan fingerprint density at radius 3 is 2.64 bits per heavy atom. The van der Waals surface area contributed by atoms with Crippen LogP contribution in [0.5, 0.6) is 11.5 Å². The predicted octanol–water partition coefficient (Wildman–Crippen LogP) is 4.87. The van der Waals surface area contributed by atoms with Crippen LogP contribution in [0, 0.1) is 5.92 Å². The van der Waals surface area contributed by atoms with Crippen LogP contribution in [-0.2, 0) is 0 Å². The first-order chi connectivity index (χ1) is 12.1. The van der Waals surface area contributed by atoms with Gasteiger partial charge in [-0.25, -0.2) is 5.01 Å². The lowest BCUT2D eigenvalue weighted by Crippen LogP contribution is -2.43. The van der Waals surface area contributed by atoms with Crippen molar-refractivity contribution in [2.24, 2.45) is 11.0 Å². The van der Waals surface area contributed by atoms with Crippen LogP contribution < -0.4 is 9.47 Å². The van der Waals surface area contributed by atoms with Gasteiger partial charge in [0.15, 0.2) is 6.23 Å². The van der Waals surface area contributed by atoms with Crippen molar-refractivity contribution in [2.75, 3.05) is 7.11 Å². The number of benzene rings is 2. The molecule has 0 radical (unpaired) electrons. The molecule has 0 N–H and O–H groups in total. The van der Waals surface area contributed by atoms with Gasteiger partial charge in [-0.2, -0.15) is 5.10 Å². The smallest absolute Gasteiger partial charge is 0.190 e. The maximum Gasteiger partial charge on any atom is 0.190 e. The first kappa shape index (κ1) is 16.3. The van der Waals surface area contributed by atoms with Gasteiger partial charge in [-0.3, -0.25) is 0 Å². The average Bonchev–Trinajstić information content (AvgIpc) is 3.06. The summed E-state index contributed by atoms with van der Waals surface area (Å²) in [7, 11) is 1.67. The number of halogens is 1. The van der Waals surface area contributed by atoms with Crippen molar-refractivity contribution >= 4 is 17.3 Å². The van der Waals surface area contributed by atoms with E-state index in [1.165, 1.54) is 0 Å². The summed E-state index contributed by atoms with van der Waals surface area (Å²) in [6, 6.07) is 14.1. The molecule has 4 nitrogen and oxygen atoms in total. The number of ether oxygens (including phenoxy) is 2. The summed E-state index contributed by atoms with van der Waals surface area (Å²) in [5.41, 5.74) is 3.28. The molecule has 0 aromatic heterocycles. The van der Waals surface area contributed by atoms with E-state index in [1.807, 2.05) is 30.3 Å². The van der Waals surface area contributed by atoms with E-state index < -0.39 is 0 Å². The lowest BCUT2D eigenvalue weighted by Gasteiger charge is -2.40. The molecule has 2 atom stereocenters. The molecule has 0 saturated heterocycles. The fourth-order valence-corrected chi connectivity index (χ4v) is 3.67. The first-order valence-corrected chi connectivity index (χ1v) is 8.91. The summed E-state index contributed by atoms with van der Waals surface area (Å²) in [5.74, 6) is 2.08. The molecule has 2 aromatic carbocycles. The van der Waals surface area contributed by atoms with Crippen LogP contribution in [0.15, 0.2) is 47.6 Å². The van der Waals surface area contributed by atoms with Crippen molar-refractivity contribution in [3.05, 3.63) is 58.6 Å². The SMILES string of the molecule is COc1ccc(C2=NN3[C@@H](C(C)C)Oc4ccc(Cl)cc4[C@@H]3C2)cc1. The summed E-state index contributed by atoms with van der Waals surface area (Å²) < 4.78 is 11.5. The van der Waals surface area contributed by atoms with Crippen LogP contribution >= 0.6 is 11.6 Å². The summed E-state index contributed by atoms with van der Waals surface area (Å²) in [4.78, 5) is 0. The van der Waals surface area contributed by atoms with Gasteiger partial charge in [0, 0.05) is 22.9 Å². The second kappa shape index (κ2) is 6.26. The van der Waals surface area contributed by atoms with Crippen LogP contribution in [0.3, 0.4) is 0 Å². The Morgan fingerprint density at radius 2 is 1.96 bits per heavy atom. The maximum atomic E-state index is 6.23. The highest BCUT2D eigenvalue weighted by Gasteiger charge is 2.41. The Bertz CT molecular complexity index is 817. The van der Waals surface area contributed by atoms with Gasteiger partial charge in [0.2, 0.25) is 0 Å². The fraction of sp³-hybridized carbons (Fsp3) is 0.350. The average molecular weight is 357 g/mol. The van der Waals surface area contributed by atoms with Gasteiger partial charge < -0.3 is 9.47 Å². The standard InChI is InChI=1S/C20H21ClN2O2/c1-12(2)20-23-18(16-10-14(21)6-9-19(16)25-20)11-17(22-23)13-4-7-15(24-3)8-5-13/h4-10,12,18,20H,11H2,1-3H3/t18-,20+/m0/s1. The van der Waals surface area contributed by atoms with Crippen LogP contribution in [-0.4, -0.2) is 24.1 Å². The Balaban J connectivity index is 1.72. The van der Waals surface area contributed by atoms with Crippen molar-refractivity contribution in [2.45, 2.75) is 32.5 Å². The van der Waals surface area contributed by atoms with Gasteiger partial charge >= 0.3 is 0 Å². The topological polar surface area (TPSA) is 34.1 Å². The monoisotopic (exact) mass is 356 g/mol. The minimum atomic E-state index is -0.0746. The minimum absolute atomic E-state index is 0.0746. The molecule has 5 heteroatoms. The van der Waals surface area contributed by atoms with E-state index >= 15 is 0 Å². The van der Waals surface area contributed by atoms with Crippen molar-refractivity contribution in [1.29, 1.82) is 0 Å². The number of methoxy groups -OCH3 is 1. The van der Waals surface area contributed by atoms with Gasteiger partial charge in [0.05, 0.1) is 18.9 Å². The second-order valence-corrected chi connectivity index (χ2v) is 7.25. The summed E-state index contributed by atoms with van der Waals surface area (Å²) >= 11 is 6.23. The molecule has 0 unspecified atom stereocenters. The number of hydrogen-bond acceptors (Lipinski definition) is 4. The molecule has 25 heavy (non-hydrogen) atoms. The Hall–Kier alpha value is -2.20. The molecule has 0 saturated carbocycles. The van der Waals surface area contributed by atoms with Crippen LogP contribution in [0.1, 0.15) is 37.4 Å². The van der Waals surface area contributed by atoms with Gasteiger partial charge in [0.1, 0.15) is 11.5 Å². The van der Waals surface area contributed by atoms with E-state index in [1.54, 1.807) is 7.11 Å². The van der Waals surface area contributed by atoms with E-state index in [4.69, 9.17) is 26.2 Å². The van der Waals surface area contributed by atoms with E-state index in [2.05, 4.69) is 31.0 Å². The van der Waals surface area contributed by atoms with E-state index in [0.717, 1.165) is 39.8 Å². The van der Waals surface area contributed by atoms with Gasteiger partial charge in [-0.05, 0) is 48.0 Å². The van der Waals surface area contributed by atoms with Crippen LogP contribution in [0.2, 0.25) is 5.02 Å². The largest absolute Gasteiger partial charge is 0.497 e. The lowest BCUT2D eigenvalue weighted by molar-refractivity contribution is -0.0461. The fourth-order valence-electron chi connectivity index (χ4n) is 3.48. The number of fused-ring (bicyclic) bond motifs is 3. The van der Waals surface area contributed by atoms with Crippen molar-refractivity contribution in [3.8, 4) is 11.5 Å². The zero-order valence-electron chi connectivity index (χ0n) is 14.6. The molecule has 2 aliphatic heterocycles. The Kier molecular flexibility index (Phi) is 4.08. The van der Waals surface area contributed by atoms with Crippen molar-refractivity contribution in [3.63, 3.8) is 0 Å². The lowest BCUT2D eigenvalue weighted by atomic mass is 9.95. The Morgan fingerprint density at radius 1 is 1.20 bits per heavy atom. The zero-order valence-corrected chi connectivity index (χ0v) is 15.3. The number of nitrogens with zero attached hydrogens (tertiary/aromatic N) is 2. The summed E-state index contributed by atoms with van der Waals surface area (Å²) in [5, 5.41) is 7.73. The molecule has 2 aliphatic rings. The normalized spacial score (nSPS) is 21.5. The molecule has 4 rings (SSSR count). The maximum absolute atomic E-state index is 6.23. The van der Waals surface area contributed by atoms with E-state index in [-0.39, 0.29) is 12.3 Å². The third-order valence-electron chi connectivity index (χ3n) is 4.78. The number of hydrogen-bond donors (Lipinski definition) is 0. The van der Waals surface area contributed by atoms with E-state index in [0.29, 0.717) is 5.92 Å². The van der Waals surface area contributed by atoms with Gasteiger partial charge in [-0.1, -0.05) is 25.4 Å². The second-order valence-electron chi connectivity index (χ2n) is 6.81. The molecule has 0 fully saturated rings. The van der Waals surface area contributed by atoms with Crippen molar-refractivity contribution < 1.29 is 9.47 Å². The number of hydrazone groups is 1. The van der Waals surface area contributed by atoms with Gasteiger partial charge in [-0.15, -0.1) is 0 Å². The molecule has 0 aliphatic carbocycles. The molecular formula is C20H21ClN2O2. The third kappa shape index (κ3) is 2.85. The molecular weight excluding hydrogens is 336 g/mol. The van der Waals surface area contributed by atoms with Crippen LogP contribution in [0.4, 0.5) is 0 Å². The first-order valence-electron chi connectivity index (χ1n) is 8.53. The minimum Gasteiger partial charge on any atom is -0.497 e. The summed E-state index contributed by atoms with van der Waals surface area (Å²) in [6.07, 6.45) is 0.765.